The number of nitrogen functional groups attached to an aromatic ring is 1. The zero-order chi connectivity index (χ0) is 26.9. The largest absolute Gasteiger partial charge is 0.507 e. The summed E-state index contributed by atoms with van der Waals surface area (Å²) < 4.78 is 0. The van der Waals surface area contributed by atoms with Gasteiger partial charge in [-0.05, 0) is 68.4 Å². The van der Waals surface area contributed by atoms with Gasteiger partial charge in [0, 0.05) is 43.8 Å². The molecule has 39 heavy (non-hydrogen) atoms. The van der Waals surface area contributed by atoms with Gasteiger partial charge in [-0.15, -0.1) is 10.2 Å². The summed E-state index contributed by atoms with van der Waals surface area (Å²) in [5.41, 5.74) is 9.32. The summed E-state index contributed by atoms with van der Waals surface area (Å²) in [6, 6.07) is 15.9. The molecule has 0 radical (unpaired) electrons. The van der Waals surface area contributed by atoms with Gasteiger partial charge in [0.05, 0.1) is 23.5 Å². The monoisotopic (exact) mass is 520 g/mol. The molecule has 1 aliphatic carbocycles. The van der Waals surface area contributed by atoms with Crippen molar-refractivity contribution in [2.24, 2.45) is 5.92 Å². The van der Waals surface area contributed by atoms with Gasteiger partial charge in [0.2, 0.25) is 0 Å². The molecule has 1 saturated carbocycles. The number of phenolic OH excluding ortho intramolecular Hbond substituents is 1. The number of nitriles is 1. The molecule has 3 saturated heterocycles. The summed E-state index contributed by atoms with van der Waals surface area (Å²) in [6.45, 7) is 6.28. The second-order valence-corrected chi connectivity index (χ2v) is 10.7. The smallest absolute Gasteiger partial charge is 0.169 e. The summed E-state index contributed by atoms with van der Waals surface area (Å²) in [7, 11) is 0. The number of para-hydroxylation sites is 1. The zero-order valence-electron chi connectivity index (χ0n) is 22.1. The third-order valence-electron chi connectivity index (χ3n) is 8.29. The standard InChI is InChI=1S/C30H32N8O/c1-20-10-12-36(27-17-26(34-35-30(27)32)24-5-2-3-7-28(24)39)13-14-38(20)29-9-8-22(18-31)25(33-29)6-4-11-37-19-21-15-23(37)16-21/h2-3,5,7-9,17,20-21,23,39H,10-16,19H2,1H3,(H2,32,35). The maximum Gasteiger partial charge on any atom is 0.169 e. The Morgan fingerprint density at radius 1 is 1.10 bits per heavy atom. The molecule has 5 heterocycles. The van der Waals surface area contributed by atoms with Crippen LogP contribution in [-0.2, 0) is 0 Å². The number of aromatic hydroxyl groups is 1. The molecule has 1 unspecified atom stereocenters. The van der Waals surface area contributed by atoms with Crippen LogP contribution in [0, 0.1) is 29.1 Å². The Kier molecular flexibility index (Phi) is 6.68. The van der Waals surface area contributed by atoms with Crippen LogP contribution < -0.4 is 15.5 Å². The first kappa shape index (κ1) is 25.0. The normalized spacial score (nSPS) is 22.4. The van der Waals surface area contributed by atoms with E-state index in [1.54, 1.807) is 12.1 Å². The van der Waals surface area contributed by atoms with Gasteiger partial charge in [0.1, 0.15) is 23.3 Å². The van der Waals surface area contributed by atoms with Gasteiger partial charge in [-0.3, -0.25) is 4.90 Å². The van der Waals surface area contributed by atoms with Crippen molar-refractivity contribution >= 4 is 17.3 Å². The first-order valence-corrected chi connectivity index (χ1v) is 13.6. The van der Waals surface area contributed by atoms with Crippen LogP contribution in [0.15, 0.2) is 42.5 Å². The maximum absolute atomic E-state index is 10.3. The third-order valence-corrected chi connectivity index (χ3v) is 8.29. The molecule has 2 aromatic heterocycles. The fourth-order valence-electron chi connectivity index (χ4n) is 5.95. The number of benzene rings is 1. The minimum atomic E-state index is 0.154. The number of nitrogens with two attached hydrogens (primary N) is 1. The number of nitrogens with zero attached hydrogens (tertiary/aromatic N) is 7. The van der Waals surface area contributed by atoms with Crippen LogP contribution in [0.1, 0.15) is 37.4 Å². The van der Waals surface area contributed by atoms with E-state index < -0.39 is 0 Å². The van der Waals surface area contributed by atoms with Crippen molar-refractivity contribution in [1.82, 2.24) is 20.1 Å². The van der Waals surface area contributed by atoms with E-state index in [1.807, 2.05) is 30.3 Å². The molecule has 1 aromatic carbocycles. The Hall–Kier alpha value is -4.34. The van der Waals surface area contributed by atoms with Gasteiger partial charge in [-0.1, -0.05) is 18.1 Å². The number of anilines is 3. The minimum Gasteiger partial charge on any atom is -0.507 e. The van der Waals surface area contributed by atoms with Crippen LogP contribution in [0.25, 0.3) is 11.3 Å². The molecule has 4 aliphatic rings. The molecule has 9 heteroatoms. The Morgan fingerprint density at radius 2 is 1.95 bits per heavy atom. The number of pyridine rings is 1. The molecule has 3 N–H and O–H groups in total. The zero-order valence-corrected chi connectivity index (χ0v) is 22.1. The van der Waals surface area contributed by atoms with E-state index in [0.717, 1.165) is 50.0 Å². The Labute approximate surface area is 228 Å². The number of rotatable bonds is 4. The predicted molar refractivity (Wildman–Crippen MR) is 151 cm³/mol. The summed E-state index contributed by atoms with van der Waals surface area (Å²) in [5.74, 6) is 8.67. The highest BCUT2D eigenvalue weighted by Crippen LogP contribution is 2.40. The number of hydrogen-bond donors (Lipinski definition) is 2. The fraction of sp³-hybridized carbons (Fsp3) is 0.400. The van der Waals surface area contributed by atoms with Gasteiger partial charge in [0.25, 0.3) is 0 Å². The molecule has 198 valence electrons. The molecule has 3 aromatic rings. The van der Waals surface area contributed by atoms with Crippen LogP contribution in [0.5, 0.6) is 5.75 Å². The van der Waals surface area contributed by atoms with E-state index in [-0.39, 0.29) is 11.8 Å². The van der Waals surface area contributed by atoms with Crippen LogP contribution in [0.2, 0.25) is 0 Å². The van der Waals surface area contributed by atoms with Crippen molar-refractivity contribution < 1.29 is 5.11 Å². The number of hydrogen-bond acceptors (Lipinski definition) is 9. The lowest BCUT2D eigenvalue weighted by Crippen LogP contribution is -2.35. The van der Waals surface area contributed by atoms with Gasteiger partial charge in [-0.2, -0.15) is 5.26 Å². The maximum atomic E-state index is 10.3. The van der Waals surface area contributed by atoms with Crippen molar-refractivity contribution in [2.45, 2.75) is 38.3 Å². The lowest BCUT2D eigenvalue weighted by molar-refractivity contribution is 0.268. The fourth-order valence-corrected chi connectivity index (χ4v) is 5.95. The van der Waals surface area contributed by atoms with Crippen molar-refractivity contribution in [1.29, 1.82) is 5.26 Å². The first-order valence-electron chi connectivity index (χ1n) is 13.6. The van der Waals surface area contributed by atoms with Crippen LogP contribution in [-0.4, -0.2) is 70.0 Å². The third kappa shape index (κ3) is 4.94. The summed E-state index contributed by atoms with van der Waals surface area (Å²) in [4.78, 5) is 11.8. The number of aromatic nitrogens is 3. The number of fused-ring (bicyclic) bond motifs is 1. The van der Waals surface area contributed by atoms with Crippen LogP contribution in [0.3, 0.4) is 0 Å². The molecule has 0 amide bonds. The van der Waals surface area contributed by atoms with Gasteiger partial charge in [0.15, 0.2) is 5.82 Å². The van der Waals surface area contributed by atoms with Crippen molar-refractivity contribution in [3.63, 3.8) is 0 Å². The highest BCUT2D eigenvalue weighted by Gasteiger charge is 2.41. The van der Waals surface area contributed by atoms with Gasteiger partial charge < -0.3 is 20.6 Å². The minimum absolute atomic E-state index is 0.154. The molecule has 9 nitrogen and oxygen atoms in total. The SMILES string of the molecule is CC1CCN(c2cc(-c3ccccc3O)nnc2N)CCN1c1ccc(C#N)c(C#CCN2CC3CC2C3)n1. The lowest BCUT2D eigenvalue weighted by Gasteiger charge is -2.28. The lowest BCUT2D eigenvalue weighted by atomic mass is 9.86. The van der Waals surface area contributed by atoms with Crippen molar-refractivity contribution in [3.05, 3.63) is 53.7 Å². The van der Waals surface area contributed by atoms with E-state index in [1.165, 1.54) is 12.8 Å². The summed E-state index contributed by atoms with van der Waals surface area (Å²) in [5, 5.41) is 28.4. The van der Waals surface area contributed by atoms with E-state index >= 15 is 0 Å². The predicted octanol–water partition coefficient (Wildman–Crippen LogP) is 3.25. The molecule has 3 aliphatic heterocycles. The average Bonchev–Trinajstić information content (AvgIpc) is 3.46. The molecule has 4 fully saturated rings. The second kappa shape index (κ2) is 10.4. The average molecular weight is 521 g/mol. The highest BCUT2D eigenvalue weighted by atomic mass is 16.3. The van der Waals surface area contributed by atoms with Gasteiger partial charge >= 0.3 is 0 Å². The van der Waals surface area contributed by atoms with Gasteiger partial charge in [-0.25, -0.2) is 4.98 Å². The number of phenols is 1. The Balaban J connectivity index is 1.21. The van der Waals surface area contributed by atoms with Crippen molar-refractivity contribution in [2.75, 3.05) is 48.3 Å². The van der Waals surface area contributed by atoms with Crippen LogP contribution >= 0.6 is 0 Å². The van der Waals surface area contributed by atoms with Crippen LogP contribution in [0.4, 0.5) is 17.3 Å². The van der Waals surface area contributed by atoms with E-state index in [0.29, 0.717) is 40.9 Å². The molecule has 1 atom stereocenters. The van der Waals surface area contributed by atoms with E-state index in [2.05, 4.69) is 49.7 Å². The Morgan fingerprint density at radius 3 is 2.72 bits per heavy atom. The summed E-state index contributed by atoms with van der Waals surface area (Å²) >= 11 is 0. The molecule has 2 bridgehead atoms. The molecular formula is C30H32N8O. The van der Waals surface area contributed by atoms with E-state index in [4.69, 9.17) is 10.7 Å². The quantitative estimate of drug-likeness (QED) is 0.500. The topological polar surface area (TPSA) is 118 Å². The second-order valence-electron chi connectivity index (χ2n) is 10.7. The van der Waals surface area contributed by atoms with Crippen molar-refractivity contribution in [3.8, 4) is 34.9 Å². The molecule has 7 rings (SSSR count). The molecular weight excluding hydrogens is 488 g/mol. The molecule has 0 spiro atoms. The Bertz CT molecular complexity index is 1480. The highest BCUT2D eigenvalue weighted by molar-refractivity contribution is 5.74. The first-order chi connectivity index (χ1) is 19.0. The van der Waals surface area contributed by atoms with E-state index in [9.17, 15) is 10.4 Å². The summed E-state index contributed by atoms with van der Waals surface area (Å²) in [6.07, 6.45) is 3.49.